The Balaban J connectivity index is 0. The molecule has 2 aromatic rings. The first-order chi connectivity index (χ1) is 22.6. The normalized spacial score (nSPS) is 10.6. The zero-order valence-electron chi connectivity index (χ0n) is 25.0. The van der Waals surface area contributed by atoms with E-state index in [4.69, 9.17) is 14.4 Å². The van der Waals surface area contributed by atoms with Gasteiger partial charge >= 0.3 is 24.3 Å². The Kier molecular flexibility index (Phi) is 26.9. The SMILES string of the molecule is O=C(CCC(=O)OCCCC(F)(F)F)Nc1ccc(Br)cn1.O=C(O)CCC(=O)Nc1ccc(Br)cn1.O=S(Cl)Cl.OCCCC(F)(F)F. The van der Waals surface area contributed by atoms with Gasteiger partial charge in [-0.3, -0.25) is 19.2 Å². The number of esters is 1. The number of aromatic nitrogens is 2. The fourth-order valence-electron chi connectivity index (χ4n) is 2.56. The van der Waals surface area contributed by atoms with Crippen molar-refractivity contribution in [2.45, 2.75) is 63.7 Å². The number of carboxylic acids is 1. The number of alkyl halides is 6. The van der Waals surface area contributed by atoms with Crippen molar-refractivity contribution in [2.75, 3.05) is 23.8 Å². The second-order valence-corrected chi connectivity index (χ2v) is 13.1. The number of hydrogen-bond donors (Lipinski definition) is 4. The molecule has 0 bridgehead atoms. The van der Waals surface area contributed by atoms with Gasteiger partial charge in [0, 0.05) is 75.0 Å². The Morgan fingerprint density at radius 3 is 1.51 bits per heavy atom. The van der Waals surface area contributed by atoms with Crippen LogP contribution >= 0.6 is 53.2 Å². The molecule has 0 aromatic carbocycles. The molecule has 2 rings (SSSR count). The first-order valence-corrected chi connectivity index (χ1v) is 17.7. The molecule has 0 aliphatic carbocycles. The topological polar surface area (TPSA) is 185 Å². The van der Waals surface area contributed by atoms with Crippen molar-refractivity contribution in [3.8, 4) is 0 Å². The van der Waals surface area contributed by atoms with E-state index in [1.54, 1.807) is 30.5 Å². The molecule has 2 aromatic heterocycles. The minimum Gasteiger partial charge on any atom is -0.481 e. The van der Waals surface area contributed by atoms with Gasteiger partial charge in [-0.1, -0.05) is 0 Å². The lowest BCUT2D eigenvalue weighted by molar-refractivity contribution is -0.150. The molecule has 0 aliphatic rings. The Morgan fingerprint density at radius 2 is 1.18 bits per heavy atom. The number of amides is 2. The number of pyridine rings is 2. The van der Waals surface area contributed by atoms with Gasteiger partial charge in [0.25, 0.3) is 0 Å². The summed E-state index contributed by atoms with van der Waals surface area (Å²) in [7, 11) is 7.36. The third-order valence-electron chi connectivity index (χ3n) is 4.60. The highest BCUT2D eigenvalue weighted by molar-refractivity contribution is 9.10. The van der Waals surface area contributed by atoms with Crippen molar-refractivity contribution in [1.29, 1.82) is 0 Å². The maximum absolute atomic E-state index is 11.9. The molecule has 2 amide bonds. The van der Waals surface area contributed by atoms with E-state index in [0.717, 1.165) is 8.95 Å². The molecule has 4 N–H and O–H groups in total. The highest BCUT2D eigenvalue weighted by Crippen LogP contribution is 2.21. The van der Waals surface area contributed by atoms with Crippen LogP contribution in [0.5, 0.6) is 0 Å². The summed E-state index contributed by atoms with van der Waals surface area (Å²) >= 11 is 6.41. The molecule has 0 atom stereocenters. The Labute approximate surface area is 304 Å². The average molecular weight is 903 g/mol. The highest BCUT2D eigenvalue weighted by Gasteiger charge is 2.26. The maximum atomic E-state index is 11.9. The van der Waals surface area contributed by atoms with Gasteiger partial charge < -0.3 is 25.6 Å². The molecule has 0 spiro atoms. The number of aliphatic carboxylic acids is 1. The number of rotatable bonds is 13. The number of nitrogens with one attached hydrogen (secondary N) is 2. The molecule has 0 saturated heterocycles. The van der Waals surface area contributed by atoms with Crippen molar-refractivity contribution in [3.63, 3.8) is 0 Å². The Bertz CT molecular complexity index is 1300. The van der Waals surface area contributed by atoms with Gasteiger partial charge in [-0.2, -0.15) is 26.3 Å². The number of aliphatic hydroxyl groups is 1. The molecular formula is C26H30Br2Cl2F6N4O8S. The lowest BCUT2D eigenvalue weighted by Gasteiger charge is -2.07. The van der Waals surface area contributed by atoms with E-state index in [0.29, 0.717) is 11.6 Å². The molecule has 2 heterocycles. The predicted molar refractivity (Wildman–Crippen MR) is 176 cm³/mol. The highest BCUT2D eigenvalue weighted by atomic mass is 79.9. The Hall–Kier alpha value is -2.59. The number of nitrogens with zero attached hydrogens (tertiary/aromatic N) is 2. The number of carboxylic acid groups (broad SMARTS) is 1. The van der Waals surface area contributed by atoms with E-state index in [1.165, 1.54) is 6.20 Å². The fourth-order valence-corrected chi connectivity index (χ4v) is 3.03. The molecule has 0 radical (unpaired) electrons. The molecule has 0 aliphatic heterocycles. The largest absolute Gasteiger partial charge is 0.481 e. The van der Waals surface area contributed by atoms with E-state index < -0.39 is 52.3 Å². The quantitative estimate of drug-likeness (QED) is 0.0681. The summed E-state index contributed by atoms with van der Waals surface area (Å²) in [6, 6.07) is 6.64. The van der Waals surface area contributed by atoms with E-state index in [2.05, 4.69) is 78.6 Å². The molecule has 49 heavy (non-hydrogen) atoms. The number of ether oxygens (including phenoxy) is 1. The van der Waals surface area contributed by atoms with E-state index in [-0.39, 0.29) is 57.6 Å². The summed E-state index contributed by atoms with van der Waals surface area (Å²) in [6.07, 6.45) is -8.24. The van der Waals surface area contributed by atoms with Gasteiger partial charge in [0.2, 0.25) is 21.0 Å². The smallest absolute Gasteiger partial charge is 0.389 e. The van der Waals surface area contributed by atoms with Crippen molar-refractivity contribution < 1.29 is 64.7 Å². The summed E-state index contributed by atoms with van der Waals surface area (Å²) in [5.41, 5.74) is 0. The molecule has 278 valence electrons. The average Bonchev–Trinajstić information content (AvgIpc) is 2.98. The molecule has 0 fully saturated rings. The fraction of sp³-hybridized carbons (Fsp3) is 0.462. The van der Waals surface area contributed by atoms with Gasteiger partial charge in [-0.25, -0.2) is 14.2 Å². The van der Waals surface area contributed by atoms with Crippen molar-refractivity contribution in [2.24, 2.45) is 0 Å². The van der Waals surface area contributed by atoms with Gasteiger partial charge in [-0.15, -0.1) is 0 Å². The van der Waals surface area contributed by atoms with Gasteiger partial charge in [-0.05, 0) is 69.0 Å². The molecule has 23 heteroatoms. The van der Waals surface area contributed by atoms with Crippen LogP contribution in [-0.2, 0) is 33.1 Å². The Morgan fingerprint density at radius 1 is 0.776 bits per heavy atom. The number of carbonyl (C=O) groups excluding carboxylic acids is 3. The third kappa shape index (κ3) is 36.5. The minimum atomic E-state index is -4.26. The third-order valence-corrected chi connectivity index (χ3v) is 5.54. The van der Waals surface area contributed by atoms with Crippen LogP contribution in [0.25, 0.3) is 0 Å². The summed E-state index contributed by atoms with van der Waals surface area (Å²) in [6.45, 7) is -0.701. The van der Waals surface area contributed by atoms with Crippen LogP contribution in [0.1, 0.15) is 51.4 Å². The van der Waals surface area contributed by atoms with E-state index in [1.807, 2.05) is 0 Å². The molecule has 0 unspecified atom stereocenters. The standard InChI is InChI=1S/C13H14BrF3N2O3.C9H9BrN2O3.C4H7F3O.Cl2OS/c14-9-2-3-10(18-8-9)19-11(20)4-5-12(21)22-7-1-6-13(15,16)17;10-6-1-2-7(11-5-6)12-8(13)3-4-9(14)15;5-4(6,7)2-1-3-8;1-4(2)3/h2-3,8H,1,4-7H2,(H,18,19,20);1-2,5H,3-4H2,(H,14,15)(H,11,12,13);8H,1-3H2;. The zero-order valence-corrected chi connectivity index (χ0v) is 30.5. The predicted octanol–water partition coefficient (Wildman–Crippen LogP) is 7.46. The van der Waals surface area contributed by atoms with Crippen molar-refractivity contribution in [3.05, 3.63) is 45.6 Å². The van der Waals surface area contributed by atoms with Gasteiger partial charge in [0.05, 0.1) is 19.4 Å². The number of anilines is 2. The molecule has 12 nitrogen and oxygen atoms in total. The van der Waals surface area contributed by atoms with Crippen LogP contribution in [0.4, 0.5) is 38.0 Å². The first kappa shape index (κ1) is 48.5. The van der Waals surface area contributed by atoms with Crippen LogP contribution in [0, 0.1) is 0 Å². The second kappa shape index (κ2) is 27.2. The number of hydrogen-bond acceptors (Lipinski definition) is 9. The van der Waals surface area contributed by atoms with Crippen LogP contribution < -0.4 is 10.6 Å². The lowest BCUT2D eigenvalue weighted by Crippen LogP contribution is -2.16. The summed E-state index contributed by atoms with van der Waals surface area (Å²) in [5.74, 6) is -1.73. The summed E-state index contributed by atoms with van der Waals surface area (Å²) < 4.78 is 84.3. The van der Waals surface area contributed by atoms with Crippen molar-refractivity contribution in [1.82, 2.24) is 9.97 Å². The van der Waals surface area contributed by atoms with Crippen molar-refractivity contribution >= 4 is 97.8 Å². The maximum Gasteiger partial charge on any atom is 0.389 e. The zero-order chi connectivity index (χ0) is 38.0. The monoisotopic (exact) mass is 900 g/mol. The minimum absolute atomic E-state index is 0.0485. The number of carbonyl (C=O) groups is 4. The van der Waals surface area contributed by atoms with Crippen LogP contribution in [0.3, 0.4) is 0 Å². The first-order valence-electron chi connectivity index (χ1n) is 13.3. The van der Waals surface area contributed by atoms with Crippen LogP contribution in [0.15, 0.2) is 45.6 Å². The van der Waals surface area contributed by atoms with E-state index in [9.17, 15) is 45.5 Å². The van der Waals surface area contributed by atoms with Crippen LogP contribution in [-0.4, -0.2) is 73.7 Å². The van der Waals surface area contributed by atoms with E-state index >= 15 is 0 Å². The number of halogens is 10. The van der Waals surface area contributed by atoms with Crippen LogP contribution in [0.2, 0.25) is 0 Å². The lowest BCUT2D eigenvalue weighted by atomic mass is 10.3. The van der Waals surface area contributed by atoms with Gasteiger partial charge in [0.15, 0.2) is 0 Å². The second-order valence-electron chi connectivity index (χ2n) is 8.78. The summed E-state index contributed by atoms with van der Waals surface area (Å²) in [4.78, 5) is 52.0. The van der Waals surface area contributed by atoms with Gasteiger partial charge in [0.1, 0.15) is 11.6 Å². The molecular weight excluding hydrogens is 873 g/mol. The number of aliphatic hydroxyl groups excluding tert-OH is 1. The summed E-state index contributed by atoms with van der Waals surface area (Å²) in [5, 5.41) is 21.3. The molecule has 0 saturated carbocycles.